The van der Waals surface area contributed by atoms with E-state index in [0.717, 1.165) is 30.8 Å². The number of thiocarbonyl (C=S) groups is 1. The third-order valence-corrected chi connectivity index (χ3v) is 3.39. The van der Waals surface area contributed by atoms with Crippen molar-refractivity contribution in [3.63, 3.8) is 0 Å². The second-order valence-corrected chi connectivity index (χ2v) is 5.16. The Labute approximate surface area is 129 Å². The number of anilines is 2. The highest BCUT2D eigenvalue weighted by Crippen LogP contribution is 2.23. The maximum Gasteiger partial charge on any atom is 0.422 e. The smallest absolute Gasteiger partial charge is 0.422 e. The molecule has 0 bridgehead atoms. The Bertz CT molecular complexity index is 545. The number of aromatic nitrogens is 2. The van der Waals surface area contributed by atoms with Crippen LogP contribution in [0, 0.1) is 6.92 Å². The minimum atomic E-state index is -0.626. The van der Waals surface area contributed by atoms with Gasteiger partial charge in [-0.25, -0.2) is 14.7 Å². The molecule has 2 rings (SSSR count). The van der Waals surface area contributed by atoms with Crippen molar-refractivity contribution in [2.45, 2.75) is 26.7 Å². The topological polar surface area (TPSA) is 84.6 Å². The van der Waals surface area contributed by atoms with Crippen LogP contribution in [0.2, 0.25) is 0 Å². The van der Waals surface area contributed by atoms with Crippen molar-refractivity contribution in [3.05, 3.63) is 11.8 Å². The number of nitrogens with two attached hydrogens (primary N) is 1. The first kappa shape index (κ1) is 15.4. The Morgan fingerprint density at radius 3 is 2.76 bits per heavy atom. The number of hydrogen-bond acceptors (Lipinski definition) is 6. The lowest BCUT2D eigenvalue weighted by Crippen LogP contribution is -2.42. The highest BCUT2D eigenvalue weighted by Gasteiger charge is 2.25. The van der Waals surface area contributed by atoms with Crippen LogP contribution in [-0.4, -0.2) is 40.9 Å². The molecule has 1 aliphatic rings. The average molecular weight is 309 g/mol. The summed E-state index contributed by atoms with van der Waals surface area (Å²) in [7, 11) is 0. The second kappa shape index (κ2) is 6.66. The summed E-state index contributed by atoms with van der Waals surface area (Å²) in [6.45, 7) is 5.58. The van der Waals surface area contributed by atoms with Crippen LogP contribution in [-0.2, 0) is 4.74 Å². The summed E-state index contributed by atoms with van der Waals surface area (Å²) in [5.74, 6) is 0.955. The molecule has 1 amide bonds. The molecule has 114 valence electrons. The summed E-state index contributed by atoms with van der Waals surface area (Å²) in [6.07, 6.45) is 3.27. The minimum absolute atomic E-state index is 0.0948. The number of amides is 1. The molecule has 0 aliphatic carbocycles. The zero-order valence-corrected chi connectivity index (χ0v) is 13.0. The first-order valence-electron chi connectivity index (χ1n) is 6.89. The van der Waals surface area contributed by atoms with Gasteiger partial charge in [0.2, 0.25) is 5.95 Å². The van der Waals surface area contributed by atoms with E-state index in [2.05, 4.69) is 14.9 Å². The Balaban J connectivity index is 2.36. The van der Waals surface area contributed by atoms with Gasteiger partial charge >= 0.3 is 6.09 Å². The van der Waals surface area contributed by atoms with E-state index in [9.17, 15) is 4.79 Å². The van der Waals surface area contributed by atoms with Crippen molar-refractivity contribution in [1.82, 2.24) is 9.97 Å². The lowest BCUT2D eigenvalue weighted by Gasteiger charge is -2.22. The number of carbonyl (C=O) groups excluding carboxylic acids is 1. The Hall–Kier alpha value is -1.96. The summed E-state index contributed by atoms with van der Waals surface area (Å²) >= 11 is 4.96. The summed E-state index contributed by atoms with van der Waals surface area (Å²) in [5, 5.41) is -0.0948. The number of nitrogens with zero attached hydrogens (tertiary/aromatic N) is 4. The van der Waals surface area contributed by atoms with Crippen molar-refractivity contribution in [3.8, 4) is 0 Å². The van der Waals surface area contributed by atoms with Crippen LogP contribution in [0.25, 0.3) is 0 Å². The van der Waals surface area contributed by atoms with Crippen molar-refractivity contribution in [2.75, 3.05) is 29.5 Å². The van der Waals surface area contributed by atoms with Gasteiger partial charge in [0.05, 0.1) is 6.61 Å². The van der Waals surface area contributed by atoms with Crippen LogP contribution in [0.5, 0.6) is 0 Å². The van der Waals surface area contributed by atoms with Crippen molar-refractivity contribution < 1.29 is 9.53 Å². The molecule has 2 N–H and O–H groups in total. The van der Waals surface area contributed by atoms with Crippen LogP contribution in [0.1, 0.15) is 25.3 Å². The van der Waals surface area contributed by atoms with Crippen molar-refractivity contribution in [1.29, 1.82) is 0 Å². The minimum Gasteiger partial charge on any atom is -0.449 e. The maximum atomic E-state index is 12.0. The van der Waals surface area contributed by atoms with Crippen molar-refractivity contribution >= 4 is 35.2 Å². The molecule has 0 saturated carbocycles. The fraction of sp³-hybridized carbons (Fsp3) is 0.538. The molecule has 0 spiro atoms. The van der Waals surface area contributed by atoms with Crippen LogP contribution in [0.4, 0.5) is 16.6 Å². The van der Waals surface area contributed by atoms with Gasteiger partial charge in [-0.2, -0.15) is 4.98 Å². The Morgan fingerprint density at radius 1 is 1.52 bits per heavy atom. The second-order valence-electron chi connectivity index (χ2n) is 4.74. The Kier molecular flexibility index (Phi) is 4.89. The largest absolute Gasteiger partial charge is 0.449 e. The van der Waals surface area contributed by atoms with Crippen molar-refractivity contribution in [2.24, 2.45) is 5.73 Å². The third-order valence-electron chi connectivity index (χ3n) is 3.20. The molecular formula is C13H19N5O2S. The first-order valence-corrected chi connectivity index (χ1v) is 7.30. The van der Waals surface area contributed by atoms with Gasteiger partial charge in [-0.15, -0.1) is 0 Å². The van der Waals surface area contributed by atoms with E-state index in [-0.39, 0.29) is 11.7 Å². The molecule has 0 atom stereocenters. The molecule has 2 heterocycles. The predicted octanol–water partition coefficient (Wildman–Crippen LogP) is 1.59. The van der Waals surface area contributed by atoms with E-state index in [1.165, 1.54) is 0 Å². The highest BCUT2D eigenvalue weighted by molar-refractivity contribution is 7.80. The Morgan fingerprint density at radius 2 is 2.19 bits per heavy atom. The van der Waals surface area contributed by atoms with Crippen LogP contribution in [0.15, 0.2) is 6.20 Å². The molecule has 0 unspecified atom stereocenters. The van der Waals surface area contributed by atoms with Crippen LogP contribution < -0.4 is 15.5 Å². The molecule has 21 heavy (non-hydrogen) atoms. The SMILES string of the molecule is CCOC(=O)N(C(N)=S)c1nc(N2CCCC2)ncc1C. The summed E-state index contributed by atoms with van der Waals surface area (Å²) in [6, 6.07) is 0. The van der Waals surface area contributed by atoms with Gasteiger partial charge < -0.3 is 15.4 Å². The van der Waals surface area contributed by atoms with Gasteiger partial charge in [0, 0.05) is 24.8 Å². The standard InChI is InChI=1S/C13H19N5O2S/c1-3-20-13(19)18(11(14)21)10-9(2)8-15-12(16-10)17-6-4-5-7-17/h8H,3-7H2,1-2H3,(H2,14,21). The molecule has 8 heteroatoms. The fourth-order valence-electron chi connectivity index (χ4n) is 2.19. The summed E-state index contributed by atoms with van der Waals surface area (Å²) in [5.41, 5.74) is 6.36. The molecule has 1 fully saturated rings. The monoisotopic (exact) mass is 309 g/mol. The van der Waals surface area contributed by atoms with Gasteiger partial charge in [0.25, 0.3) is 0 Å². The first-order chi connectivity index (χ1) is 10.0. The maximum absolute atomic E-state index is 12.0. The summed E-state index contributed by atoms with van der Waals surface area (Å²) in [4.78, 5) is 24.0. The molecule has 7 nitrogen and oxygen atoms in total. The molecule has 1 aliphatic heterocycles. The number of hydrogen-bond donors (Lipinski definition) is 1. The van der Waals surface area contributed by atoms with Gasteiger partial charge in [-0.05, 0) is 38.9 Å². The van der Waals surface area contributed by atoms with E-state index < -0.39 is 6.09 Å². The molecule has 1 saturated heterocycles. The lowest BCUT2D eigenvalue weighted by atomic mass is 10.3. The van der Waals surface area contributed by atoms with Gasteiger partial charge in [0.15, 0.2) is 10.9 Å². The quantitative estimate of drug-likeness (QED) is 0.849. The molecule has 1 aromatic rings. The fourth-order valence-corrected chi connectivity index (χ4v) is 2.35. The van der Waals surface area contributed by atoms with E-state index >= 15 is 0 Å². The van der Waals surface area contributed by atoms with E-state index in [1.807, 2.05) is 0 Å². The highest BCUT2D eigenvalue weighted by atomic mass is 32.1. The number of aryl methyl sites for hydroxylation is 1. The predicted molar refractivity (Wildman–Crippen MR) is 84.5 cm³/mol. The molecule has 1 aromatic heterocycles. The van der Waals surface area contributed by atoms with Crippen LogP contribution in [0.3, 0.4) is 0 Å². The number of rotatable bonds is 3. The normalized spacial score (nSPS) is 14.1. The lowest BCUT2D eigenvalue weighted by molar-refractivity contribution is 0.163. The molecule has 0 aromatic carbocycles. The summed E-state index contributed by atoms with van der Waals surface area (Å²) < 4.78 is 4.99. The van der Waals surface area contributed by atoms with E-state index in [1.54, 1.807) is 20.0 Å². The number of carbonyl (C=O) groups is 1. The van der Waals surface area contributed by atoms with E-state index in [0.29, 0.717) is 17.3 Å². The average Bonchev–Trinajstić information content (AvgIpc) is 2.95. The van der Waals surface area contributed by atoms with Crippen LogP contribution >= 0.6 is 12.2 Å². The molecule has 0 radical (unpaired) electrons. The van der Waals surface area contributed by atoms with Gasteiger partial charge in [-0.1, -0.05) is 0 Å². The van der Waals surface area contributed by atoms with E-state index in [4.69, 9.17) is 22.7 Å². The van der Waals surface area contributed by atoms with Gasteiger partial charge in [0.1, 0.15) is 0 Å². The molecular weight excluding hydrogens is 290 g/mol. The third kappa shape index (κ3) is 3.38. The van der Waals surface area contributed by atoms with Gasteiger partial charge in [-0.3, -0.25) is 0 Å². The zero-order valence-electron chi connectivity index (χ0n) is 12.2. The number of ether oxygens (including phenoxy) is 1. The zero-order chi connectivity index (χ0) is 15.4.